The van der Waals surface area contributed by atoms with Gasteiger partial charge >= 0.3 is 0 Å². The van der Waals surface area contributed by atoms with E-state index in [-0.39, 0.29) is 11.7 Å². The molecular formula is C21H19ClFN3OS. The summed E-state index contributed by atoms with van der Waals surface area (Å²) in [5, 5.41) is 3.82. The molecule has 4 rings (SSSR count). The molecule has 1 amide bonds. The number of nitrogens with one attached hydrogen (secondary N) is 1. The summed E-state index contributed by atoms with van der Waals surface area (Å²) < 4.78 is 14.5. The number of anilines is 1. The second-order valence-electron chi connectivity index (χ2n) is 6.82. The number of hydrogen-bond donors (Lipinski definition) is 1. The lowest BCUT2D eigenvalue weighted by Crippen LogP contribution is -2.19. The van der Waals surface area contributed by atoms with Gasteiger partial charge in [-0.2, -0.15) is 0 Å². The van der Waals surface area contributed by atoms with Gasteiger partial charge in [-0.3, -0.25) is 4.79 Å². The Morgan fingerprint density at radius 1 is 1.21 bits per heavy atom. The Balaban J connectivity index is 1.55. The number of carbonyl (C=O) groups is 1. The Kier molecular flexibility index (Phi) is 5.42. The third kappa shape index (κ3) is 4.08. The fourth-order valence-electron chi connectivity index (χ4n) is 3.27. The van der Waals surface area contributed by atoms with Crippen molar-refractivity contribution in [2.75, 3.05) is 18.0 Å². The standard InChI is InChI=1S/C21H19ClFN3OS/c1-13-4-6-15(22)12-17(13)24-21-25-20(27)19(28-21)11-14-5-7-18(16(23)10-14)26-8-2-3-9-26/h4-7,10-12H,2-3,8-9H2,1H3,(H,24,25,27)/b19-11-. The molecule has 28 heavy (non-hydrogen) atoms. The molecule has 0 spiro atoms. The molecule has 2 aromatic carbocycles. The van der Waals surface area contributed by atoms with E-state index < -0.39 is 0 Å². The molecule has 0 aromatic heterocycles. The number of amides is 1. The molecule has 7 heteroatoms. The molecule has 1 N–H and O–H groups in total. The summed E-state index contributed by atoms with van der Waals surface area (Å²) in [7, 11) is 0. The Labute approximate surface area is 172 Å². The first kappa shape index (κ1) is 19.0. The van der Waals surface area contributed by atoms with Crippen LogP contribution in [0.5, 0.6) is 0 Å². The van der Waals surface area contributed by atoms with Crippen LogP contribution in [0.4, 0.5) is 15.8 Å². The highest BCUT2D eigenvalue weighted by Crippen LogP contribution is 2.31. The van der Waals surface area contributed by atoms with Gasteiger partial charge in [-0.1, -0.05) is 23.7 Å². The Morgan fingerprint density at radius 2 is 2.00 bits per heavy atom. The van der Waals surface area contributed by atoms with Crippen molar-refractivity contribution in [3.63, 3.8) is 0 Å². The zero-order valence-corrected chi connectivity index (χ0v) is 16.9. The molecule has 144 valence electrons. The fourth-order valence-corrected chi connectivity index (χ4v) is 4.27. The molecule has 0 aliphatic carbocycles. The lowest BCUT2D eigenvalue weighted by molar-refractivity contribution is -0.115. The second kappa shape index (κ2) is 7.97. The van der Waals surface area contributed by atoms with Crippen LogP contribution < -0.4 is 10.2 Å². The molecule has 4 nitrogen and oxygen atoms in total. The van der Waals surface area contributed by atoms with E-state index in [1.165, 1.54) is 17.8 Å². The zero-order valence-electron chi connectivity index (χ0n) is 15.3. The molecule has 0 atom stereocenters. The van der Waals surface area contributed by atoms with Crippen molar-refractivity contribution >= 4 is 51.9 Å². The van der Waals surface area contributed by atoms with Crippen molar-refractivity contribution in [3.05, 3.63) is 63.3 Å². The molecule has 0 radical (unpaired) electrons. The number of rotatable bonds is 3. The van der Waals surface area contributed by atoms with Crippen molar-refractivity contribution in [1.82, 2.24) is 5.32 Å². The SMILES string of the molecule is Cc1ccc(Cl)cc1N=C1NC(=O)/C(=C/c2ccc(N3CCCC3)c(F)c2)S1. The van der Waals surface area contributed by atoms with Gasteiger partial charge in [-0.05, 0) is 73.0 Å². The average molecular weight is 416 g/mol. The number of carbonyl (C=O) groups excluding carboxylic acids is 1. The van der Waals surface area contributed by atoms with E-state index in [0.717, 1.165) is 31.5 Å². The number of halogens is 2. The van der Waals surface area contributed by atoms with Gasteiger partial charge in [0.1, 0.15) is 5.82 Å². The van der Waals surface area contributed by atoms with Crippen LogP contribution in [-0.4, -0.2) is 24.2 Å². The van der Waals surface area contributed by atoms with Gasteiger partial charge in [-0.25, -0.2) is 9.38 Å². The molecule has 2 aromatic rings. The Hall–Kier alpha value is -2.31. The maximum atomic E-state index is 14.5. The number of aliphatic imine (C=N–C) groups is 1. The fraction of sp³-hybridized carbons (Fsp3) is 0.238. The number of aryl methyl sites for hydroxylation is 1. The second-order valence-corrected chi connectivity index (χ2v) is 8.28. The first-order chi connectivity index (χ1) is 13.5. The van der Waals surface area contributed by atoms with E-state index in [4.69, 9.17) is 11.6 Å². The van der Waals surface area contributed by atoms with Crippen molar-refractivity contribution < 1.29 is 9.18 Å². The molecule has 2 fully saturated rings. The van der Waals surface area contributed by atoms with Gasteiger partial charge in [-0.15, -0.1) is 0 Å². The summed E-state index contributed by atoms with van der Waals surface area (Å²) in [5.74, 6) is -0.504. The molecule has 2 aliphatic heterocycles. The number of thioether (sulfide) groups is 1. The molecule has 2 saturated heterocycles. The first-order valence-electron chi connectivity index (χ1n) is 9.10. The van der Waals surface area contributed by atoms with Gasteiger partial charge in [0, 0.05) is 18.1 Å². The summed E-state index contributed by atoms with van der Waals surface area (Å²) in [5.41, 5.74) is 2.95. The largest absolute Gasteiger partial charge is 0.369 e. The summed E-state index contributed by atoms with van der Waals surface area (Å²) in [6, 6.07) is 10.5. The normalized spacial score (nSPS) is 19.7. The minimum Gasteiger partial charge on any atom is -0.369 e. The monoisotopic (exact) mass is 415 g/mol. The third-order valence-electron chi connectivity index (χ3n) is 4.76. The van der Waals surface area contributed by atoms with Gasteiger partial charge < -0.3 is 10.2 Å². The van der Waals surface area contributed by atoms with Crippen LogP contribution in [0, 0.1) is 12.7 Å². The maximum absolute atomic E-state index is 14.5. The van der Waals surface area contributed by atoms with Crippen LogP contribution in [-0.2, 0) is 4.79 Å². The average Bonchev–Trinajstić information content (AvgIpc) is 3.29. The molecule has 2 aliphatic rings. The number of benzene rings is 2. The van der Waals surface area contributed by atoms with Crippen LogP contribution in [0.1, 0.15) is 24.0 Å². The van der Waals surface area contributed by atoms with Gasteiger partial charge in [0.2, 0.25) is 0 Å². The predicted octanol–water partition coefficient (Wildman–Crippen LogP) is 5.28. The Bertz CT molecular complexity index is 999. The Morgan fingerprint density at radius 3 is 2.75 bits per heavy atom. The van der Waals surface area contributed by atoms with E-state index in [2.05, 4.69) is 15.2 Å². The molecule has 0 saturated carbocycles. The van der Waals surface area contributed by atoms with Crippen LogP contribution in [0.15, 0.2) is 46.3 Å². The smallest absolute Gasteiger partial charge is 0.264 e. The molecule has 2 heterocycles. The highest BCUT2D eigenvalue weighted by Gasteiger charge is 2.24. The summed E-state index contributed by atoms with van der Waals surface area (Å²) in [4.78, 5) is 19.3. The van der Waals surface area contributed by atoms with E-state index in [1.54, 1.807) is 24.3 Å². The van der Waals surface area contributed by atoms with Crippen LogP contribution in [0.25, 0.3) is 6.08 Å². The van der Waals surface area contributed by atoms with Crippen molar-refractivity contribution in [2.45, 2.75) is 19.8 Å². The van der Waals surface area contributed by atoms with Gasteiger partial charge in [0.15, 0.2) is 5.17 Å². The molecular weight excluding hydrogens is 397 g/mol. The van der Waals surface area contributed by atoms with Crippen molar-refractivity contribution in [2.24, 2.45) is 4.99 Å². The third-order valence-corrected chi connectivity index (χ3v) is 5.91. The highest BCUT2D eigenvalue weighted by atomic mass is 35.5. The van der Waals surface area contributed by atoms with Crippen LogP contribution in [0.3, 0.4) is 0 Å². The minimum absolute atomic E-state index is 0.243. The topological polar surface area (TPSA) is 44.7 Å². The first-order valence-corrected chi connectivity index (χ1v) is 10.3. The summed E-state index contributed by atoms with van der Waals surface area (Å²) in [6.45, 7) is 3.70. The van der Waals surface area contributed by atoms with Crippen LogP contribution in [0.2, 0.25) is 5.02 Å². The zero-order chi connectivity index (χ0) is 19.7. The lowest BCUT2D eigenvalue weighted by atomic mass is 10.1. The van der Waals surface area contributed by atoms with Gasteiger partial charge in [0.05, 0.1) is 16.3 Å². The maximum Gasteiger partial charge on any atom is 0.264 e. The van der Waals surface area contributed by atoms with E-state index in [1.807, 2.05) is 19.1 Å². The quantitative estimate of drug-likeness (QED) is 0.693. The molecule has 0 bridgehead atoms. The van der Waals surface area contributed by atoms with E-state index >= 15 is 0 Å². The van der Waals surface area contributed by atoms with Crippen molar-refractivity contribution in [3.8, 4) is 0 Å². The minimum atomic E-state index is -0.261. The number of nitrogens with zero attached hydrogens (tertiary/aromatic N) is 2. The van der Waals surface area contributed by atoms with Gasteiger partial charge in [0.25, 0.3) is 5.91 Å². The van der Waals surface area contributed by atoms with Crippen molar-refractivity contribution in [1.29, 1.82) is 0 Å². The van der Waals surface area contributed by atoms with E-state index in [0.29, 0.717) is 32.0 Å². The van der Waals surface area contributed by atoms with Crippen LogP contribution >= 0.6 is 23.4 Å². The summed E-state index contributed by atoms with van der Waals surface area (Å²) in [6.07, 6.45) is 3.87. The lowest BCUT2D eigenvalue weighted by Gasteiger charge is -2.18. The van der Waals surface area contributed by atoms with E-state index in [9.17, 15) is 9.18 Å². The number of amidine groups is 1. The molecule has 0 unspecified atom stereocenters. The predicted molar refractivity (Wildman–Crippen MR) is 115 cm³/mol. The number of hydrogen-bond acceptors (Lipinski definition) is 4. The highest BCUT2D eigenvalue weighted by molar-refractivity contribution is 8.18. The summed E-state index contributed by atoms with van der Waals surface area (Å²) >= 11 is 7.26.